The summed E-state index contributed by atoms with van der Waals surface area (Å²) in [4.78, 5) is 10.7. The number of carbonyl (C=O) groups excluding carboxylic acids is 1. The van der Waals surface area contributed by atoms with Gasteiger partial charge in [0.2, 0.25) is 0 Å². The third kappa shape index (κ3) is 0.995. The molecule has 0 bridgehead atoms. The van der Waals surface area contributed by atoms with E-state index in [-0.39, 0.29) is 11.9 Å². The minimum atomic E-state index is -0.453. The van der Waals surface area contributed by atoms with Gasteiger partial charge in [-0.05, 0) is 13.8 Å². The number of cyclic esters (lactones) is 1. The zero-order chi connectivity index (χ0) is 7.78. The number of carbonyl (C=O) groups is 1. The molecule has 1 fully saturated rings. The topological polar surface area (TPSA) is 26.3 Å². The first kappa shape index (κ1) is 7.14. The molecule has 0 aliphatic carbocycles. The zero-order valence-electron chi connectivity index (χ0n) is 6.18. The van der Waals surface area contributed by atoms with Crippen LogP contribution in [0.25, 0.3) is 0 Å². The molecule has 0 aromatic rings. The summed E-state index contributed by atoms with van der Waals surface area (Å²) in [6.45, 7) is 3.67. The van der Waals surface area contributed by atoms with Crippen LogP contribution in [-0.4, -0.2) is 11.6 Å². The Kier molecular flexibility index (Phi) is 1.44. The average Bonchev–Trinajstić information content (AvgIpc) is 2.04. The second-order valence-corrected chi connectivity index (χ2v) is 3.00. The molecule has 1 aliphatic rings. The summed E-state index contributed by atoms with van der Waals surface area (Å²) in [7, 11) is 0. The van der Waals surface area contributed by atoms with Crippen LogP contribution in [0.2, 0.25) is 0 Å². The summed E-state index contributed by atoms with van der Waals surface area (Å²) in [5.74, 6) is 2.30. The highest BCUT2D eigenvalue weighted by Crippen LogP contribution is 2.31. The normalized spacial score (nSPS) is 29.3. The number of esters is 1. The van der Waals surface area contributed by atoms with E-state index in [2.05, 4.69) is 5.92 Å². The van der Waals surface area contributed by atoms with Gasteiger partial charge in [0.15, 0.2) is 0 Å². The summed E-state index contributed by atoms with van der Waals surface area (Å²) in [5, 5.41) is 0. The second kappa shape index (κ2) is 2.02. The second-order valence-electron chi connectivity index (χ2n) is 3.00. The fraction of sp³-hybridized carbons (Fsp3) is 0.625. The van der Waals surface area contributed by atoms with E-state index in [0.29, 0.717) is 6.42 Å². The molecule has 54 valence electrons. The van der Waals surface area contributed by atoms with Crippen LogP contribution >= 0.6 is 0 Å². The van der Waals surface area contributed by atoms with Gasteiger partial charge in [0.05, 0.1) is 12.3 Å². The van der Waals surface area contributed by atoms with Crippen LogP contribution < -0.4 is 0 Å². The van der Waals surface area contributed by atoms with Gasteiger partial charge in [-0.2, -0.15) is 0 Å². The molecule has 0 saturated carbocycles. The van der Waals surface area contributed by atoms with Crippen LogP contribution in [0, 0.1) is 18.3 Å². The first-order chi connectivity index (χ1) is 4.56. The summed E-state index contributed by atoms with van der Waals surface area (Å²) >= 11 is 0. The minimum Gasteiger partial charge on any atom is -0.458 e. The maximum atomic E-state index is 10.7. The molecule has 1 aliphatic heterocycles. The Labute approximate surface area is 60.6 Å². The maximum absolute atomic E-state index is 10.7. The van der Waals surface area contributed by atoms with Crippen molar-refractivity contribution in [2.24, 2.45) is 5.92 Å². The van der Waals surface area contributed by atoms with Crippen LogP contribution in [0.15, 0.2) is 0 Å². The Morgan fingerprint density at radius 3 is 2.60 bits per heavy atom. The Morgan fingerprint density at radius 2 is 2.40 bits per heavy atom. The van der Waals surface area contributed by atoms with Crippen LogP contribution in [0.5, 0.6) is 0 Å². The third-order valence-corrected chi connectivity index (χ3v) is 1.79. The van der Waals surface area contributed by atoms with Crippen LogP contribution in [0.4, 0.5) is 0 Å². The van der Waals surface area contributed by atoms with Crippen molar-refractivity contribution >= 4 is 5.97 Å². The quantitative estimate of drug-likeness (QED) is 0.368. The molecule has 2 nitrogen and oxygen atoms in total. The van der Waals surface area contributed by atoms with E-state index in [0.717, 1.165) is 0 Å². The lowest BCUT2D eigenvalue weighted by atomic mass is 9.92. The first-order valence-corrected chi connectivity index (χ1v) is 3.24. The van der Waals surface area contributed by atoms with Gasteiger partial charge in [-0.15, -0.1) is 6.42 Å². The molecule has 0 spiro atoms. The van der Waals surface area contributed by atoms with Crippen LogP contribution in [-0.2, 0) is 9.53 Å². The molecule has 1 heterocycles. The van der Waals surface area contributed by atoms with Crippen molar-refractivity contribution in [2.45, 2.75) is 25.9 Å². The zero-order valence-corrected chi connectivity index (χ0v) is 6.18. The van der Waals surface area contributed by atoms with Gasteiger partial charge in [0.25, 0.3) is 0 Å². The lowest BCUT2D eigenvalue weighted by molar-refractivity contribution is -0.146. The lowest BCUT2D eigenvalue weighted by Gasteiger charge is -2.19. The molecule has 0 aromatic heterocycles. The molecule has 1 rings (SSSR count). The average molecular weight is 138 g/mol. The fourth-order valence-corrected chi connectivity index (χ4v) is 1.08. The van der Waals surface area contributed by atoms with E-state index >= 15 is 0 Å². The van der Waals surface area contributed by atoms with Crippen molar-refractivity contribution in [2.75, 3.05) is 0 Å². The van der Waals surface area contributed by atoms with Gasteiger partial charge in [-0.25, -0.2) is 0 Å². The molecule has 1 unspecified atom stereocenters. The van der Waals surface area contributed by atoms with Crippen molar-refractivity contribution in [3.8, 4) is 12.3 Å². The van der Waals surface area contributed by atoms with Gasteiger partial charge in [0, 0.05) is 0 Å². The Hall–Kier alpha value is -0.970. The standard InChI is InChI=1S/C8H10O2/c1-4-6-5-7(9)10-8(6,2)3/h1,6H,5H2,2-3H3. The maximum Gasteiger partial charge on any atom is 0.307 e. The Balaban J connectivity index is 2.79. The molecule has 0 aromatic carbocycles. The molecule has 0 amide bonds. The van der Waals surface area contributed by atoms with Crippen molar-refractivity contribution in [3.05, 3.63) is 0 Å². The largest absolute Gasteiger partial charge is 0.458 e. The number of ether oxygens (including phenoxy) is 1. The molecular weight excluding hydrogens is 128 g/mol. The number of hydrogen-bond acceptors (Lipinski definition) is 2. The monoisotopic (exact) mass is 138 g/mol. The number of terminal acetylenes is 1. The first-order valence-electron chi connectivity index (χ1n) is 3.24. The molecular formula is C8H10O2. The smallest absolute Gasteiger partial charge is 0.307 e. The molecule has 2 heteroatoms. The summed E-state index contributed by atoms with van der Waals surface area (Å²) in [5.41, 5.74) is -0.453. The van der Waals surface area contributed by atoms with Crippen molar-refractivity contribution < 1.29 is 9.53 Å². The highest BCUT2D eigenvalue weighted by Gasteiger charge is 2.40. The van der Waals surface area contributed by atoms with Crippen molar-refractivity contribution in [1.82, 2.24) is 0 Å². The van der Waals surface area contributed by atoms with E-state index < -0.39 is 5.60 Å². The molecule has 1 atom stereocenters. The van der Waals surface area contributed by atoms with E-state index in [1.54, 1.807) is 0 Å². The summed E-state index contributed by atoms with van der Waals surface area (Å²) in [6.07, 6.45) is 5.55. The van der Waals surface area contributed by atoms with Gasteiger partial charge in [-0.1, -0.05) is 5.92 Å². The Morgan fingerprint density at radius 1 is 1.80 bits per heavy atom. The van der Waals surface area contributed by atoms with Crippen molar-refractivity contribution in [3.63, 3.8) is 0 Å². The Bertz CT molecular complexity index is 198. The molecule has 1 saturated heterocycles. The van der Waals surface area contributed by atoms with E-state index in [1.165, 1.54) is 0 Å². The molecule has 10 heavy (non-hydrogen) atoms. The number of hydrogen-bond donors (Lipinski definition) is 0. The van der Waals surface area contributed by atoms with Gasteiger partial charge < -0.3 is 4.74 Å². The van der Waals surface area contributed by atoms with Gasteiger partial charge in [0.1, 0.15) is 5.60 Å². The highest BCUT2D eigenvalue weighted by atomic mass is 16.6. The van der Waals surface area contributed by atoms with Crippen molar-refractivity contribution in [1.29, 1.82) is 0 Å². The van der Waals surface area contributed by atoms with E-state index in [9.17, 15) is 4.79 Å². The molecule has 0 radical (unpaired) electrons. The number of rotatable bonds is 0. The van der Waals surface area contributed by atoms with Crippen LogP contribution in [0.3, 0.4) is 0 Å². The third-order valence-electron chi connectivity index (χ3n) is 1.79. The molecule has 0 N–H and O–H groups in total. The van der Waals surface area contributed by atoms with Gasteiger partial charge >= 0.3 is 5.97 Å². The fourth-order valence-electron chi connectivity index (χ4n) is 1.08. The van der Waals surface area contributed by atoms with E-state index in [4.69, 9.17) is 11.2 Å². The highest BCUT2D eigenvalue weighted by molar-refractivity contribution is 5.73. The summed E-state index contributed by atoms with van der Waals surface area (Å²) < 4.78 is 4.97. The SMILES string of the molecule is C#CC1CC(=O)OC1(C)C. The minimum absolute atomic E-state index is 0.0556. The van der Waals surface area contributed by atoms with Crippen LogP contribution in [0.1, 0.15) is 20.3 Å². The lowest BCUT2D eigenvalue weighted by Crippen LogP contribution is -2.26. The summed E-state index contributed by atoms with van der Waals surface area (Å²) in [6, 6.07) is 0. The van der Waals surface area contributed by atoms with Gasteiger partial charge in [-0.3, -0.25) is 4.79 Å². The van der Waals surface area contributed by atoms with E-state index in [1.807, 2.05) is 13.8 Å². The predicted molar refractivity (Wildman–Crippen MR) is 37.1 cm³/mol. The predicted octanol–water partition coefficient (Wildman–Crippen LogP) is 0.961.